The van der Waals surface area contributed by atoms with Crippen LogP contribution in [0.3, 0.4) is 0 Å². The molecule has 0 heterocycles. The molecular formula is C10H23ClN2O2. The Labute approximate surface area is 98.3 Å². The lowest BCUT2D eigenvalue weighted by atomic mass is 10.1. The Morgan fingerprint density at radius 3 is 2.47 bits per heavy atom. The van der Waals surface area contributed by atoms with Crippen LogP contribution < -0.4 is 11.1 Å². The van der Waals surface area contributed by atoms with E-state index in [9.17, 15) is 4.79 Å². The number of ether oxygens (including phenoxy) is 1. The van der Waals surface area contributed by atoms with Gasteiger partial charge in [0.15, 0.2) is 0 Å². The Morgan fingerprint density at radius 2 is 2.07 bits per heavy atom. The summed E-state index contributed by atoms with van der Waals surface area (Å²) in [7, 11) is 1.63. The summed E-state index contributed by atoms with van der Waals surface area (Å²) in [6.45, 7) is 6.28. The second-order valence-electron chi connectivity index (χ2n) is 4.26. The highest BCUT2D eigenvalue weighted by Crippen LogP contribution is 2.05. The summed E-state index contributed by atoms with van der Waals surface area (Å²) in [5, 5.41) is 2.81. The largest absolute Gasteiger partial charge is 0.377 e. The topological polar surface area (TPSA) is 64.3 Å². The Hall–Kier alpha value is -0.320. The first-order valence-corrected chi connectivity index (χ1v) is 4.95. The summed E-state index contributed by atoms with van der Waals surface area (Å²) in [5.74, 6) is 0.0347. The Morgan fingerprint density at radius 1 is 1.53 bits per heavy atom. The van der Waals surface area contributed by atoms with Gasteiger partial charge >= 0.3 is 0 Å². The number of amides is 1. The van der Waals surface area contributed by atoms with Crippen LogP contribution in [0.5, 0.6) is 0 Å². The number of carbonyl (C=O) groups is 1. The van der Waals surface area contributed by atoms with Crippen LogP contribution in [0.25, 0.3) is 0 Å². The summed E-state index contributed by atoms with van der Waals surface area (Å²) in [6, 6.07) is 0.0798. The highest BCUT2D eigenvalue weighted by atomic mass is 35.5. The number of nitrogens with one attached hydrogen (secondary N) is 1. The van der Waals surface area contributed by atoms with Gasteiger partial charge in [-0.15, -0.1) is 12.4 Å². The molecule has 0 aromatic heterocycles. The lowest BCUT2D eigenvalue weighted by Crippen LogP contribution is -2.40. The van der Waals surface area contributed by atoms with Gasteiger partial charge in [-0.2, -0.15) is 0 Å². The van der Waals surface area contributed by atoms with Crippen LogP contribution in [0.4, 0.5) is 0 Å². The molecule has 0 aromatic carbocycles. The number of hydrogen-bond acceptors (Lipinski definition) is 3. The first-order chi connectivity index (χ1) is 6.37. The van der Waals surface area contributed by atoms with E-state index in [2.05, 4.69) is 5.32 Å². The molecule has 0 fully saturated rings. The van der Waals surface area contributed by atoms with Crippen molar-refractivity contribution in [3.63, 3.8) is 0 Å². The predicted molar refractivity (Wildman–Crippen MR) is 64.2 cm³/mol. The van der Waals surface area contributed by atoms with Crippen LogP contribution in [0.15, 0.2) is 0 Å². The molecule has 4 nitrogen and oxygen atoms in total. The van der Waals surface area contributed by atoms with E-state index >= 15 is 0 Å². The van der Waals surface area contributed by atoms with Crippen molar-refractivity contribution < 1.29 is 9.53 Å². The SMILES string of the molecule is COC(C)(C)CNC(=O)CCC(C)N.Cl. The molecule has 0 saturated carbocycles. The average Bonchev–Trinajstić information content (AvgIpc) is 2.11. The van der Waals surface area contributed by atoms with Crippen molar-refractivity contribution in [2.24, 2.45) is 5.73 Å². The predicted octanol–water partition coefficient (Wildman–Crippen LogP) is 1.08. The molecule has 0 bridgehead atoms. The molecule has 3 N–H and O–H groups in total. The first kappa shape index (κ1) is 17.1. The second-order valence-corrected chi connectivity index (χ2v) is 4.26. The number of nitrogens with two attached hydrogens (primary N) is 1. The maximum Gasteiger partial charge on any atom is 0.220 e. The van der Waals surface area contributed by atoms with Crippen molar-refractivity contribution in [1.82, 2.24) is 5.32 Å². The maximum absolute atomic E-state index is 11.3. The van der Waals surface area contributed by atoms with Crippen molar-refractivity contribution in [2.75, 3.05) is 13.7 Å². The van der Waals surface area contributed by atoms with Crippen LogP contribution in [0, 0.1) is 0 Å². The third kappa shape index (κ3) is 9.97. The number of methoxy groups -OCH3 is 1. The lowest BCUT2D eigenvalue weighted by Gasteiger charge is -2.23. The lowest BCUT2D eigenvalue weighted by molar-refractivity contribution is -0.122. The molecule has 0 rings (SSSR count). The van der Waals surface area contributed by atoms with Crippen molar-refractivity contribution in [3.05, 3.63) is 0 Å². The van der Waals surface area contributed by atoms with E-state index in [4.69, 9.17) is 10.5 Å². The summed E-state index contributed by atoms with van der Waals surface area (Å²) in [4.78, 5) is 11.3. The van der Waals surface area contributed by atoms with Crippen LogP contribution in [0.2, 0.25) is 0 Å². The Bertz CT molecular complexity index is 184. The zero-order valence-electron chi connectivity index (χ0n) is 10.0. The molecular weight excluding hydrogens is 216 g/mol. The fourth-order valence-corrected chi connectivity index (χ4v) is 0.831. The van der Waals surface area contributed by atoms with Gasteiger partial charge in [0.25, 0.3) is 0 Å². The van der Waals surface area contributed by atoms with E-state index < -0.39 is 0 Å². The second kappa shape index (κ2) is 7.91. The number of rotatable bonds is 6. The van der Waals surface area contributed by atoms with E-state index in [0.29, 0.717) is 13.0 Å². The van der Waals surface area contributed by atoms with Gasteiger partial charge in [-0.05, 0) is 27.2 Å². The molecule has 0 saturated heterocycles. The minimum atomic E-state index is -0.302. The molecule has 0 aromatic rings. The summed E-state index contributed by atoms with van der Waals surface area (Å²) < 4.78 is 5.17. The van der Waals surface area contributed by atoms with Crippen molar-refractivity contribution in [2.45, 2.75) is 45.3 Å². The number of hydrogen-bond donors (Lipinski definition) is 2. The molecule has 0 aliphatic rings. The molecule has 0 radical (unpaired) electrons. The van der Waals surface area contributed by atoms with E-state index in [1.807, 2.05) is 20.8 Å². The molecule has 15 heavy (non-hydrogen) atoms. The van der Waals surface area contributed by atoms with Gasteiger partial charge < -0.3 is 15.8 Å². The van der Waals surface area contributed by atoms with Crippen molar-refractivity contribution >= 4 is 18.3 Å². The first-order valence-electron chi connectivity index (χ1n) is 4.95. The third-order valence-electron chi connectivity index (χ3n) is 2.09. The van der Waals surface area contributed by atoms with Gasteiger partial charge in [-0.25, -0.2) is 0 Å². The molecule has 0 aliphatic carbocycles. The minimum Gasteiger partial charge on any atom is -0.377 e. The number of carbonyl (C=O) groups excluding carboxylic acids is 1. The monoisotopic (exact) mass is 238 g/mol. The van der Waals surface area contributed by atoms with E-state index in [0.717, 1.165) is 6.42 Å². The molecule has 1 atom stereocenters. The zero-order chi connectivity index (χ0) is 11.2. The average molecular weight is 239 g/mol. The fraction of sp³-hybridized carbons (Fsp3) is 0.900. The summed E-state index contributed by atoms with van der Waals surface area (Å²) in [6.07, 6.45) is 1.21. The minimum absolute atomic E-state index is 0. The normalized spacial score (nSPS) is 12.9. The van der Waals surface area contributed by atoms with E-state index in [1.54, 1.807) is 7.11 Å². The van der Waals surface area contributed by atoms with Gasteiger partial charge in [-0.3, -0.25) is 4.79 Å². The van der Waals surface area contributed by atoms with E-state index in [-0.39, 0.29) is 30.0 Å². The summed E-state index contributed by atoms with van der Waals surface area (Å²) >= 11 is 0. The Balaban J connectivity index is 0. The molecule has 1 amide bonds. The van der Waals surface area contributed by atoms with Crippen LogP contribution in [0.1, 0.15) is 33.6 Å². The van der Waals surface area contributed by atoms with Gasteiger partial charge in [-0.1, -0.05) is 0 Å². The number of halogens is 1. The highest BCUT2D eigenvalue weighted by molar-refractivity contribution is 5.85. The maximum atomic E-state index is 11.3. The molecule has 0 spiro atoms. The summed E-state index contributed by atoms with van der Waals surface area (Å²) in [5.41, 5.74) is 5.24. The smallest absolute Gasteiger partial charge is 0.220 e. The zero-order valence-corrected chi connectivity index (χ0v) is 10.8. The quantitative estimate of drug-likeness (QED) is 0.728. The molecule has 92 valence electrons. The standard InChI is InChI=1S/C10H22N2O2.ClH/c1-8(11)5-6-9(13)12-7-10(2,3)14-4;/h8H,5-7,11H2,1-4H3,(H,12,13);1H. The van der Waals surface area contributed by atoms with Crippen molar-refractivity contribution in [3.8, 4) is 0 Å². The van der Waals surface area contributed by atoms with Gasteiger partial charge in [0.05, 0.1) is 5.60 Å². The fourth-order valence-electron chi connectivity index (χ4n) is 0.831. The Kier molecular flexibility index (Phi) is 9.01. The van der Waals surface area contributed by atoms with Crippen LogP contribution >= 0.6 is 12.4 Å². The van der Waals surface area contributed by atoms with Gasteiger partial charge in [0.1, 0.15) is 0 Å². The van der Waals surface area contributed by atoms with Crippen molar-refractivity contribution in [1.29, 1.82) is 0 Å². The van der Waals surface area contributed by atoms with E-state index in [1.165, 1.54) is 0 Å². The molecule has 0 aliphatic heterocycles. The van der Waals surface area contributed by atoms with Crippen LogP contribution in [-0.2, 0) is 9.53 Å². The highest BCUT2D eigenvalue weighted by Gasteiger charge is 2.17. The molecule has 1 unspecified atom stereocenters. The third-order valence-corrected chi connectivity index (χ3v) is 2.09. The molecule has 5 heteroatoms. The van der Waals surface area contributed by atoms with Gasteiger partial charge in [0.2, 0.25) is 5.91 Å². The van der Waals surface area contributed by atoms with Crippen LogP contribution in [-0.4, -0.2) is 31.2 Å². The van der Waals surface area contributed by atoms with Gasteiger partial charge in [0, 0.05) is 26.1 Å².